The Kier molecular flexibility index (Phi) is 6.31. The first-order chi connectivity index (χ1) is 8.65. The number of aliphatic hydroxyl groups is 1. The highest BCUT2D eigenvalue weighted by Gasteiger charge is 2.21. The number of carbonyl (C=O) groups is 2. The third-order valence-corrected chi connectivity index (χ3v) is 2.46. The van der Waals surface area contributed by atoms with Crippen molar-refractivity contribution in [1.29, 1.82) is 0 Å². The van der Waals surface area contributed by atoms with Gasteiger partial charge in [0, 0.05) is 33.0 Å². The van der Waals surface area contributed by atoms with Crippen LogP contribution in [0.1, 0.15) is 19.3 Å². The highest BCUT2D eigenvalue weighted by Crippen LogP contribution is 2.06. The molecule has 0 aromatic carbocycles. The quantitative estimate of drug-likeness (QED) is 0.579. The summed E-state index contributed by atoms with van der Waals surface area (Å²) < 4.78 is 5.06. The fourth-order valence-corrected chi connectivity index (χ4v) is 1.48. The molecular weight excluding hydrogens is 238 g/mol. The van der Waals surface area contributed by atoms with Crippen LogP contribution in [0.2, 0.25) is 0 Å². The molecule has 0 aliphatic carbocycles. The van der Waals surface area contributed by atoms with Gasteiger partial charge >= 0.3 is 0 Å². The minimum absolute atomic E-state index is 0.00350. The Morgan fingerprint density at radius 2 is 2.28 bits per heavy atom. The number of nitrogens with one attached hydrogen (secondary N) is 1. The van der Waals surface area contributed by atoms with Crippen LogP contribution in [0, 0.1) is 0 Å². The van der Waals surface area contributed by atoms with Crippen molar-refractivity contribution in [2.24, 2.45) is 5.10 Å². The summed E-state index contributed by atoms with van der Waals surface area (Å²) in [5.74, 6) is -0.319. The average molecular weight is 257 g/mol. The molecule has 1 heterocycles. The van der Waals surface area contributed by atoms with Gasteiger partial charge in [0.2, 0.25) is 5.91 Å². The smallest absolute Gasteiger partial charge is 0.267 e. The second kappa shape index (κ2) is 7.78. The minimum Gasteiger partial charge on any atom is -0.394 e. The molecular formula is C11H19N3O4. The molecule has 0 saturated heterocycles. The predicted octanol–water partition coefficient (Wildman–Crippen LogP) is -0.890. The lowest BCUT2D eigenvalue weighted by atomic mass is 10.1. The maximum absolute atomic E-state index is 11.7. The van der Waals surface area contributed by atoms with Crippen LogP contribution in [0.3, 0.4) is 0 Å². The van der Waals surface area contributed by atoms with E-state index in [0.717, 1.165) is 0 Å². The van der Waals surface area contributed by atoms with Crippen LogP contribution in [0.4, 0.5) is 0 Å². The van der Waals surface area contributed by atoms with Gasteiger partial charge in [0.1, 0.15) is 5.71 Å². The molecule has 7 heteroatoms. The van der Waals surface area contributed by atoms with E-state index < -0.39 is 0 Å². The molecule has 0 radical (unpaired) electrons. The summed E-state index contributed by atoms with van der Waals surface area (Å²) in [6, 6.07) is 0. The number of hydrogen-bond acceptors (Lipinski definition) is 5. The Morgan fingerprint density at radius 1 is 1.50 bits per heavy atom. The van der Waals surface area contributed by atoms with E-state index in [1.165, 1.54) is 12.1 Å². The van der Waals surface area contributed by atoms with E-state index in [1.807, 2.05) is 0 Å². The topological polar surface area (TPSA) is 91.2 Å². The molecule has 0 atom stereocenters. The third-order valence-electron chi connectivity index (χ3n) is 2.46. The highest BCUT2D eigenvalue weighted by atomic mass is 16.5. The molecule has 2 N–H and O–H groups in total. The van der Waals surface area contributed by atoms with Gasteiger partial charge in [-0.2, -0.15) is 5.10 Å². The van der Waals surface area contributed by atoms with Crippen molar-refractivity contribution in [3.63, 3.8) is 0 Å². The fraction of sp³-hybridized carbons (Fsp3) is 0.727. The summed E-state index contributed by atoms with van der Waals surface area (Å²) in [5.41, 5.74) is 0.383. The van der Waals surface area contributed by atoms with Gasteiger partial charge in [-0.1, -0.05) is 0 Å². The fourth-order valence-electron chi connectivity index (χ4n) is 1.48. The summed E-state index contributed by atoms with van der Waals surface area (Å²) in [6.07, 6.45) is 1.38. The van der Waals surface area contributed by atoms with E-state index in [9.17, 15) is 9.59 Å². The van der Waals surface area contributed by atoms with Crippen molar-refractivity contribution in [2.45, 2.75) is 19.3 Å². The molecule has 0 aromatic heterocycles. The van der Waals surface area contributed by atoms with Crippen LogP contribution in [0.5, 0.6) is 0 Å². The third kappa shape index (κ3) is 4.80. The molecule has 102 valence electrons. The van der Waals surface area contributed by atoms with Gasteiger partial charge in [0.25, 0.3) is 5.91 Å². The Bertz CT molecular complexity index is 330. The van der Waals surface area contributed by atoms with E-state index in [1.54, 1.807) is 0 Å². The van der Waals surface area contributed by atoms with Gasteiger partial charge in [0.15, 0.2) is 0 Å². The van der Waals surface area contributed by atoms with Crippen LogP contribution in [0.25, 0.3) is 0 Å². The van der Waals surface area contributed by atoms with E-state index in [-0.39, 0.29) is 18.4 Å². The van der Waals surface area contributed by atoms with Gasteiger partial charge in [-0.15, -0.1) is 0 Å². The highest BCUT2D eigenvalue weighted by molar-refractivity contribution is 6.39. The van der Waals surface area contributed by atoms with Gasteiger partial charge in [0.05, 0.1) is 13.2 Å². The Morgan fingerprint density at radius 3 is 2.94 bits per heavy atom. The maximum Gasteiger partial charge on any atom is 0.267 e. The largest absolute Gasteiger partial charge is 0.394 e. The number of carbonyl (C=O) groups excluding carboxylic acids is 2. The lowest BCUT2D eigenvalue weighted by Crippen LogP contribution is -2.38. The average Bonchev–Trinajstić information content (AvgIpc) is 2.36. The summed E-state index contributed by atoms with van der Waals surface area (Å²) in [7, 11) is 1.54. The zero-order valence-corrected chi connectivity index (χ0v) is 10.5. The lowest BCUT2D eigenvalue weighted by Gasteiger charge is -2.18. The number of nitrogens with zero attached hydrogens (tertiary/aromatic N) is 2. The number of ether oxygens (including phenoxy) is 1. The SMILES string of the molecule is CN1N=C(C(=O)NCCCOCCO)CCC1=O. The zero-order chi connectivity index (χ0) is 13.4. The molecule has 0 saturated carbocycles. The Hall–Kier alpha value is -1.47. The summed E-state index contributed by atoms with van der Waals surface area (Å²) >= 11 is 0. The normalized spacial score (nSPS) is 15.6. The lowest BCUT2D eigenvalue weighted by molar-refractivity contribution is -0.130. The van der Waals surface area contributed by atoms with Crippen molar-refractivity contribution in [3.05, 3.63) is 0 Å². The number of amides is 2. The van der Waals surface area contributed by atoms with E-state index in [0.29, 0.717) is 44.7 Å². The Balaban J connectivity index is 2.21. The van der Waals surface area contributed by atoms with Crippen molar-refractivity contribution in [3.8, 4) is 0 Å². The Labute approximate surface area is 106 Å². The second-order valence-corrected chi connectivity index (χ2v) is 3.91. The predicted molar refractivity (Wildman–Crippen MR) is 65.0 cm³/mol. The van der Waals surface area contributed by atoms with Gasteiger partial charge in [-0.3, -0.25) is 9.59 Å². The van der Waals surface area contributed by atoms with E-state index in [4.69, 9.17) is 9.84 Å². The molecule has 0 fully saturated rings. The monoisotopic (exact) mass is 257 g/mol. The molecule has 1 aliphatic rings. The first kappa shape index (κ1) is 14.6. The molecule has 1 aliphatic heterocycles. The molecule has 18 heavy (non-hydrogen) atoms. The molecule has 1 rings (SSSR count). The second-order valence-electron chi connectivity index (χ2n) is 3.91. The van der Waals surface area contributed by atoms with Crippen molar-refractivity contribution in [2.75, 3.05) is 33.4 Å². The van der Waals surface area contributed by atoms with Crippen molar-refractivity contribution >= 4 is 17.5 Å². The van der Waals surface area contributed by atoms with Crippen LogP contribution in [-0.4, -0.2) is 61.1 Å². The number of rotatable bonds is 7. The molecule has 0 bridgehead atoms. The number of hydrogen-bond donors (Lipinski definition) is 2. The van der Waals surface area contributed by atoms with Crippen LogP contribution in [0.15, 0.2) is 5.10 Å². The first-order valence-electron chi connectivity index (χ1n) is 5.96. The van der Waals surface area contributed by atoms with E-state index >= 15 is 0 Å². The molecule has 0 spiro atoms. The van der Waals surface area contributed by atoms with Crippen LogP contribution in [-0.2, 0) is 14.3 Å². The van der Waals surface area contributed by atoms with Gasteiger partial charge in [-0.05, 0) is 6.42 Å². The summed E-state index contributed by atoms with van der Waals surface area (Å²) in [6.45, 7) is 1.30. The van der Waals surface area contributed by atoms with Crippen molar-refractivity contribution < 1.29 is 19.4 Å². The minimum atomic E-state index is -0.239. The standard InChI is InChI=1S/C11H19N3O4/c1-14-10(16)4-3-9(13-14)11(17)12-5-2-7-18-8-6-15/h15H,2-8H2,1H3,(H,12,17). The van der Waals surface area contributed by atoms with Gasteiger partial charge in [-0.25, -0.2) is 5.01 Å². The van der Waals surface area contributed by atoms with Gasteiger partial charge < -0.3 is 15.2 Å². The summed E-state index contributed by atoms with van der Waals surface area (Å²) in [4.78, 5) is 22.9. The van der Waals surface area contributed by atoms with Crippen LogP contribution >= 0.6 is 0 Å². The summed E-state index contributed by atoms with van der Waals surface area (Å²) in [5, 5.41) is 16.3. The number of aliphatic hydroxyl groups excluding tert-OH is 1. The molecule has 7 nitrogen and oxygen atoms in total. The van der Waals surface area contributed by atoms with E-state index in [2.05, 4.69) is 10.4 Å². The van der Waals surface area contributed by atoms with Crippen molar-refractivity contribution in [1.82, 2.24) is 10.3 Å². The number of hydrazone groups is 1. The zero-order valence-electron chi connectivity index (χ0n) is 10.5. The molecule has 0 aromatic rings. The maximum atomic E-state index is 11.7. The van der Waals surface area contributed by atoms with Crippen LogP contribution < -0.4 is 5.32 Å². The molecule has 0 unspecified atom stereocenters. The molecule has 2 amide bonds. The first-order valence-corrected chi connectivity index (χ1v) is 5.96.